The fourth-order valence-electron chi connectivity index (χ4n) is 2.49. The second kappa shape index (κ2) is 8.26. The number of ether oxygens (including phenoxy) is 2. The van der Waals surface area contributed by atoms with Gasteiger partial charge in [0.25, 0.3) is 0 Å². The molecule has 0 aliphatic carbocycles. The third kappa shape index (κ3) is 5.10. The Hall–Kier alpha value is -2.81. The summed E-state index contributed by atoms with van der Waals surface area (Å²) in [5, 5.41) is 9.65. The molecule has 2 aromatic rings. The van der Waals surface area contributed by atoms with E-state index in [1.807, 2.05) is 0 Å². The highest BCUT2D eigenvalue weighted by atomic mass is 19.4. The van der Waals surface area contributed by atoms with Crippen LogP contribution < -0.4 is 0 Å². The number of rotatable bonds is 6. The van der Waals surface area contributed by atoms with Crippen LogP contribution in [0.5, 0.6) is 0 Å². The Bertz CT molecular complexity index is 814. The predicted molar refractivity (Wildman–Crippen MR) is 87.6 cm³/mol. The number of halogens is 3. The Morgan fingerprint density at radius 1 is 1.15 bits per heavy atom. The summed E-state index contributed by atoms with van der Waals surface area (Å²) in [5.74, 6) is -1.61. The Morgan fingerprint density at radius 2 is 1.78 bits per heavy atom. The summed E-state index contributed by atoms with van der Waals surface area (Å²) in [6.07, 6.45) is -7.79. The van der Waals surface area contributed by atoms with Gasteiger partial charge in [-0.1, -0.05) is 30.3 Å². The van der Waals surface area contributed by atoms with Crippen molar-refractivity contribution >= 4 is 11.9 Å². The highest BCUT2D eigenvalue weighted by molar-refractivity contribution is 5.90. The van der Waals surface area contributed by atoms with Gasteiger partial charge < -0.3 is 19.6 Å². The second-order valence-electron chi connectivity index (χ2n) is 5.80. The van der Waals surface area contributed by atoms with E-state index in [1.54, 1.807) is 30.3 Å². The Labute approximate surface area is 152 Å². The van der Waals surface area contributed by atoms with Crippen molar-refractivity contribution in [1.29, 1.82) is 0 Å². The molecule has 0 amide bonds. The fourth-order valence-corrected chi connectivity index (χ4v) is 2.49. The van der Waals surface area contributed by atoms with Crippen LogP contribution in [0.15, 0.2) is 30.3 Å². The van der Waals surface area contributed by atoms with Gasteiger partial charge in [0.15, 0.2) is 6.10 Å². The van der Waals surface area contributed by atoms with E-state index in [9.17, 15) is 27.9 Å². The van der Waals surface area contributed by atoms with Crippen LogP contribution in [0.3, 0.4) is 0 Å². The molecule has 0 aliphatic heterocycles. The molecule has 27 heavy (non-hydrogen) atoms. The lowest BCUT2D eigenvalue weighted by Crippen LogP contribution is -2.22. The molecule has 6 nitrogen and oxygen atoms in total. The number of aromatic amines is 1. The second-order valence-corrected chi connectivity index (χ2v) is 5.80. The van der Waals surface area contributed by atoms with E-state index in [1.165, 1.54) is 6.92 Å². The molecule has 0 fully saturated rings. The van der Waals surface area contributed by atoms with Gasteiger partial charge in [-0.2, -0.15) is 13.2 Å². The van der Waals surface area contributed by atoms with Gasteiger partial charge in [0.2, 0.25) is 0 Å². The number of aliphatic hydroxyl groups excluding tert-OH is 1. The lowest BCUT2D eigenvalue weighted by atomic mass is 10.0. The van der Waals surface area contributed by atoms with Gasteiger partial charge in [0.05, 0.1) is 5.69 Å². The number of hydrogen-bond donors (Lipinski definition) is 2. The molecule has 0 aliphatic rings. The normalized spacial score (nSPS) is 12.5. The molecular weight excluding hydrogens is 367 g/mol. The summed E-state index contributed by atoms with van der Waals surface area (Å²) in [7, 11) is 0. The standard InChI is InChI=1S/C18H18F3NO5/c1-10-14(16(24)18(19,20)21)13(9-26-11(2)23)22-15(10)17(25)27-8-12-6-4-3-5-7-12/h3-7,16,22,24H,8-9H2,1-2H3/t16-/m1/s1. The monoisotopic (exact) mass is 385 g/mol. The van der Waals surface area contributed by atoms with Crippen molar-refractivity contribution < 1.29 is 37.3 Å². The van der Waals surface area contributed by atoms with Gasteiger partial charge in [-0.15, -0.1) is 0 Å². The number of carbonyl (C=O) groups is 2. The van der Waals surface area contributed by atoms with E-state index in [2.05, 4.69) is 4.98 Å². The van der Waals surface area contributed by atoms with Crippen LogP contribution >= 0.6 is 0 Å². The highest BCUT2D eigenvalue weighted by Gasteiger charge is 2.43. The van der Waals surface area contributed by atoms with Crippen LogP contribution in [0, 0.1) is 6.92 Å². The molecule has 0 saturated carbocycles. The summed E-state index contributed by atoms with van der Waals surface area (Å²) < 4.78 is 48.8. The summed E-state index contributed by atoms with van der Waals surface area (Å²) >= 11 is 0. The Kier molecular flexibility index (Phi) is 6.27. The van der Waals surface area contributed by atoms with E-state index < -0.39 is 36.4 Å². The molecule has 0 spiro atoms. The Morgan fingerprint density at radius 3 is 2.33 bits per heavy atom. The zero-order valence-corrected chi connectivity index (χ0v) is 14.6. The van der Waals surface area contributed by atoms with Crippen LogP contribution in [-0.4, -0.2) is 28.2 Å². The number of H-pyrrole nitrogens is 1. The molecule has 1 aromatic carbocycles. The minimum atomic E-state index is -4.96. The van der Waals surface area contributed by atoms with E-state index in [0.29, 0.717) is 5.56 Å². The zero-order valence-electron chi connectivity index (χ0n) is 14.6. The molecule has 1 atom stereocenters. The third-order valence-corrected chi connectivity index (χ3v) is 3.80. The summed E-state index contributed by atoms with van der Waals surface area (Å²) in [4.78, 5) is 25.7. The van der Waals surface area contributed by atoms with Crippen LogP contribution in [0.2, 0.25) is 0 Å². The SMILES string of the molecule is CC(=O)OCc1[nH]c(C(=O)OCc2ccccc2)c(C)c1[C@@H](O)C(F)(F)F. The number of aliphatic hydroxyl groups is 1. The van der Waals surface area contributed by atoms with Gasteiger partial charge >= 0.3 is 18.1 Å². The maximum atomic E-state index is 13.0. The molecule has 2 N–H and O–H groups in total. The van der Waals surface area contributed by atoms with Crippen molar-refractivity contribution in [1.82, 2.24) is 4.98 Å². The van der Waals surface area contributed by atoms with Crippen LogP contribution in [0.4, 0.5) is 13.2 Å². The smallest absolute Gasteiger partial charge is 0.418 e. The molecule has 146 valence electrons. The first-order chi connectivity index (χ1) is 12.6. The average Bonchev–Trinajstić information content (AvgIpc) is 2.93. The topological polar surface area (TPSA) is 88.6 Å². The van der Waals surface area contributed by atoms with E-state index >= 15 is 0 Å². The molecule has 0 radical (unpaired) electrons. The van der Waals surface area contributed by atoms with Crippen LogP contribution in [-0.2, 0) is 27.5 Å². The number of aromatic nitrogens is 1. The zero-order chi connectivity index (χ0) is 20.2. The first kappa shape index (κ1) is 20.5. The minimum absolute atomic E-state index is 0.0748. The van der Waals surface area contributed by atoms with E-state index in [-0.39, 0.29) is 23.6 Å². The molecular formula is C18H18F3NO5. The summed E-state index contributed by atoms with van der Waals surface area (Å²) in [5.41, 5.74) is -0.452. The van der Waals surface area contributed by atoms with Crippen molar-refractivity contribution in [2.75, 3.05) is 0 Å². The van der Waals surface area contributed by atoms with Crippen molar-refractivity contribution in [3.05, 3.63) is 58.4 Å². The first-order valence-electron chi connectivity index (χ1n) is 7.91. The lowest BCUT2D eigenvalue weighted by Gasteiger charge is -2.16. The number of nitrogens with one attached hydrogen (secondary N) is 1. The summed E-state index contributed by atoms with van der Waals surface area (Å²) in [6, 6.07) is 8.72. The number of carbonyl (C=O) groups excluding carboxylic acids is 2. The van der Waals surface area contributed by atoms with Gasteiger partial charge in [0.1, 0.15) is 18.9 Å². The fraction of sp³-hybridized carbons (Fsp3) is 0.333. The van der Waals surface area contributed by atoms with Gasteiger partial charge in [0, 0.05) is 12.5 Å². The molecule has 2 rings (SSSR count). The minimum Gasteiger partial charge on any atom is -0.459 e. The maximum Gasteiger partial charge on any atom is 0.418 e. The van der Waals surface area contributed by atoms with E-state index in [4.69, 9.17) is 9.47 Å². The molecule has 0 bridgehead atoms. The molecule has 0 saturated heterocycles. The number of esters is 2. The largest absolute Gasteiger partial charge is 0.459 e. The molecule has 0 unspecified atom stereocenters. The molecule has 1 heterocycles. The lowest BCUT2D eigenvalue weighted by molar-refractivity contribution is -0.207. The average molecular weight is 385 g/mol. The number of hydrogen-bond acceptors (Lipinski definition) is 5. The van der Waals surface area contributed by atoms with E-state index in [0.717, 1.165) is 6.92 Å². The van der Waals surface area contributed by atoms with Crippen LogP contribution in [0.25, 0.3) is 0 Å². The highest BCUT2D eigenvalue weighted by Crippen LogP contribution is 2.37. The van der Waals surface area contributed by atoms with Crippen molar-refractivity contribution in [3.63, 3.8) is 0 Å². The van der Waals surface area contributed by atoms with Crippen molar-refractivity contribution in [3.8, 4) is 0 Å². The number of alkyl halides is 3. The third-order valence-electron chi connectivity index (χ3n) is 3.80. The van der Waals surface area contributed by atoms with Crippen LogP contribution in [0.1, 0.15) is 45.9 Å². The van der Waals surface area contributed by atoms with Gasteiger partial charge in [-0.05, 0) is 18.1 Å². The van der Waals surface area contributed by atoms with Crippen molar-refractivity contribution in [2.45, 2.75) is 39.3 Å². The maximum absolute atomic E-state index is 13.0. The predicted octanol–water partition coefficient (Wildman–Crippen LogP) is 3.34. The quantitative estimate of drug-likeness (QED) is 0.745. The van der Waals surface area contributed by atoms with Gasteiger partial charge in [-0.3, -0.25) is 4.79 Å². The number of benzene rings is 1. The summed E-state index contributed by atoms with van der Waals surface area (Å²) in [6.45, 7) is 1.71. The molecule has 9 heteroatoms. The Balaban J connectivity index is 2.30. The van der Waals surface area contributed by atoms with Gasteiger partial charge in [-0.25, -0.2) is 4.79 Å². The molecule has 1 aromatic heterocycles. The van der Waals surface area contributed by atoms with Crippen molar-refractivity contribution in [2.24, 2.45) is 0 Å². The first-order valence-corrected chi connectivity index (χ1v) is 7.91.